The Morgan fingerprint density at radius 1 is 1.20 bits per heavy atom. The third-order valence-electron chi connectivity index (χ3n) is 3.49. The molecule has 0 aliphatic heterocycles. The first-order valence-corrected chi connectivity index (χ1v) is 7.07. The first kappa shape index (κ1) is 13.2. The molecule has 3 aromatic rings. The minimum Gasteiger partial charge on any atom is -0.386 e. The summed E-state index contributed by atoms with van der Waals surface area (Å²) in [6.07, 6.45) is 0. The van der Waals surface area contributed by atoms with Crippen LogP contribution in [0.25, 0.3) is 21.8 Å². The van der Waals surface area contributed by atoms with Crippen LogP contribution in [0.15, 0.2) is 34.8 Å². The Balaban J connectivity index is 2.41. The molecule has 4 heteroatoms. The van der Waals surface area contributed by atoms with E-state index in [1.54, 1.807) is 13.8 Å². The summed E-state index contributed by atoms with van der Waals surface area (Å²) in [5.41, 5.74) is 2.43. The van der Waals surface area contributed by atoms with Crippen LogP contribution in [-0.2, 0) is 5.60 Å². The molecule has 0 saturated carbocycles. The van der Waals surface area contributed by atoms with Crippen LogP contribution in [0.1, 0.15) is 25.0 Å². The molecule has 3 nitrogen and oxygen atoms in total. The summed E-state index contributed by atoms with van der Waals surface area (Å²) in [5, 5.41) is 21.3. The summed E-state index contributed by atoms with van der Waals surface area (Å²) in [4.78, 5) is 3.31. The minimum atomic E-state index is -0.885. The fourth-order valence-corrected chi connectivity index (χ4v) is 2.93. The predicted molar refractivity (Wildman–Crippen MR) is 83.5 cm³/mol. The van der Waals surface area contributed by atoms with Crippen molar-refractivity contribution in [3.8, 4) is 6.07 Å². The van der Waals surface area contributed by atoms with Gasteiger partial charge in [0.15, 0.2) is 0 Å². The number of benzene rings is 2. The largest absolute Gasteiger partial charge is 0.386 e. The van der Waals surface area contributed by atoms with Gasteiger partial charge in [0.1, 0.15) is 0 Å². The van der Waals surface area contributed by atoms with Crippen LogP contribution in [0, 0.1) is 11.3 Å². The van der Waals surface area contributed by atoms with Crippen LogP contribution in [0.5, 0.6) is 0 Å². The van der Waals surface area contributed by atoms with E-state index in [2.05, 4.69) is 27.0 Å². The first-order valence-electron chi connectivity index (χ1n) is 6.28. The summed E-state index contributed by atoms with van der Waals surface area (Å²) in [5.74, 6) is 0. The molecule has 20 heavy (non-hydrogen) atoms. The van der Waals surface area contributed by atoms with Crippen LogP contribution in [0.4, 0.5) is 0 Å². The fourth-order valence-electron chi connectivity index (χ4n) is 2.48. The molecular weight excluding hydrogens is 316 g/mol. The molecule has 100 valence electrons. The lowest BCUT2D eigenvalue weighted by Gasteiger charge is -2.17. The van der Waals surface area contributed by atoms with E-state index in [4.69, 9.17) is 0 Å². The maximum atomic E-state index is 10.1. The Morgan fingerprint density at radius 3 is 2.60 bits per heavy atom. The zero-order valence-electron chi connectivity index (χ0n) is 11.2. The standard InChI is InChI=1S/C16H13BrN2O/c1-16(2,20)10-3-4-12-13(6-10)19-14-7-11(17)5-9(8-18)15(12)14/h3-7,19-20H,1-2H3. The van der Waals surface area contributed by atoms with Crippen molar-refractivity contribution in [2.24, 2.45) is 0 Å². The van der Waals surface area contributed by atoms with Crippen LogP contribution in [0.3, 0.4) is 0 Å². The molecule has 0 unspecified atom stereocenters. The topological polar surface area (TPSA) is 59.8 Å². The normalized spacial score (nSPS) is 11.9. The quantitative estimate of drug-likeness (QED) is 0.703. The van der Waals surface area contributed by atoms with Crippen molar-refractivity contribution < 1.29 is 5.11 Å². The maximum absolute atomic E-state index is 10.1. The number of halogens is 1. The van der Waals surface area contributed by atoms with Gasteiger partial charge in [0.05, 0.1) is 17.2 Å². The van der Waals surface area contributed by atoms with E-state index in [0.29, 0.717) is 5.56 Å². The van der Waals surface area contributed by atoms with Gasteiger partial charge in [0.25, 0.3) is 0 Å². The molecule has 0 aliphatic rings. The van der Waals surface area contributed by atoms with E-state index in [1.807, 2.05) is 30.3 Å². The molecule has 0 amide bonds. The second-order valence-corrected chi connectivity index (χ2v) is 6.35. The molecule has 0 atom stereocenters. The van der Waals surface area contributed by atoms with Crippen LogP contribution >= 0.6 is 15.9 Å². The van der Waals surface area contributed by atoms with Gasteiger partial charge in [-0.1, -0.05) is 28.1 Å². The summed E-state index contributed by atoms with van der Waals surface area (Å²) in [6, 6.07) is 11.8. The SMILES string of the molecule is CC(C)(O)c1ccc2c(c1)[nH]c1cc(Br)cc(C#N)c12. The van der Waals surface area contributed by atoms with Gasteiger partial charge in [-0.05, 0) is 37.6 Å². The van der Waals surface area contributed by atoms with Gasteiger partial charge in [-0.15, -0.1) is 0 Å². The molecular formula is C16H13BrN2O. The van der Waals surface area contributed by atoms with E-state index in [9.17, 15) is 10.4 Å². The van der Waals surface area contributed by atoms with E-state index in [0.717, 1.165) is 31.8 Å². The Hall–Kier alpha value is -1.83. The summed E-state index contributed by atoms with van der Waals surface area (Å²) < 4.78 is 0.871. The van der Waals surface area contributed by atoms with Crippen LogP contribution < -0.4 is 0 Å². The lowest BCUT2D eigenvalue weighted by molar-refractivity contribution is 0.0787. The summed E-state index contributed by atoms with van der Waals surface area (Å²) in [6.45, 7) is 3.52. The van der Waals surface area contributed by atoms with Gasteiger partial charge in [-0.3, -0.25) is 0 Å². The molecule has 1 aromatic heterocycles. The third kappa shape index (κ3) is 2.00. The molecule has 2 N–H and O–H groups in total. The van der Waals surface area contributed by atoms with Gasteiger partial charge in [-0.25, -0.2) is 0 Å². The number of nitriles is 1. The highest BCUT2D eigenvalue weighted by atomic mass is 79.9. The number of nitrogens with zero attached hydrogens (tertiary/aromatic N) is 1. The monoisotopic (exact) mass is 328 g/mol. The number of rotatable bonds is 1. The van der Waals surface area contributed by atoms with Gasteiger partial charge >= 0.3 is 0 Å². The van der Waals surface area contributed by atoms with Crippen molar-refractivity contribution in [1.29, 1.82) is 5.26 Å². The zero-order valence-corrected chi connectivity index (χ0v) is 12.7. The average molecular weight is 329 g/mol. The number of H-pyrrole nitrogens is 1. The molecule has 0 spiro atoms. The highest BCUT2D eigenvalue weighted by Gasteiger charge is 2.18. The van der Waals surface area contributed by atoms with Gasteiger partial charge in [-0.2, -0.15) is 5.26 Å². The summed E-state index contributed by atoms with van der Waals surface area (Å²) >= 11 is 3.42. The smallest absolute Gasteiger partial charge is 0.0999 e. The second-order valence-electron chi connectivity index (χ2n) is 5.43. The molecule has 0 saturated heterocycles. The number of aliphatic hydroxyl groups is 1. The zero-order chi connectivity index (χ0) is 14.5. The average Bonchev–Trinajstić information content (AvgIpc) is 2.73. The summed E-state index contributed by atoms with van der Waals surface area (Å²) in [7, 11) is 0. The van der Waals surface area contributed by atoms with Crippen LogP contribution in [-0.4, -0.2) is 10.1 Å². The number of hydrogen-bond donors (Lipinski definition) is 2. The molecule has 3 rings (SSSR count). The number of nitrogens with one attached hydrogen (secondary N) is 1. The molecule has 0 aliphatic carbocycles. The van der Waals surface area contributed by atoms with Crippen LogP contribution in [0.2, 0.25) is 0 Å². The predicted octanol–water partition coefficient (Wildman–Crippen LogP) is 4.18. The molecule has 2 aromatic carbocycles. The number of hydrogen-bond acceptors (Lipinski definition) is 2. The van der Waals surface area contributed by atoms with Gasteiger partial charge < -0.3 is 10.1 Å². The number of aromatic nitrogens is 1. The van der Waals surface area contributed by atoms with Gasteiger partial charge in [0.2, 0.25) is 0 Å². The lowest BCUT2D eigenvalue weighted by atomic mass is 9.97. The number of fused-ring (bicyclic) bond motifs is 3. The van der Waals surface area contributed by atoms with Gasteiger partial charge in [0, 0.05) is 26.3 Å². The molecule has 0 radical (unpaired) electrons. The van der Waals surface area contributed by atoms with Crippen molar-refractivity contribution in [2.45, 2.75) is 19.4 Å². The fraction of sp³-hybridized carbons (Fsp3) is 0.188. The minimum absolute atomic E-state index is 0.636. The second kappa shape index (κ2) is 4.34. The van der Waals surface area contributed by atoms with Crippen molar-refractivity contribution in [2.75, 3.05) is 0 Å². The van der Waals surface area contributed by atoms with E-state index in [-0.39, 0.29) is 0 Å². The van der Waals surface area contributed by atoms with Crippen molar-refractivity contribution in [3.05, 3.63) is 45.9 Å². The third-order valence-corrected chi connectivity index (χ3v) is 3.95. The Morgan fingerprint density at radius 2 is 1.95 bits per heavy atom. The van der Waals surface area contributed by atoms with Crippen molar-refractivity contribution in [3.63, 3.8) is 0 Å². The van der Waals surface area contributed by atoms with E-state index < -0.39 is 5.60 Å². The first-order chi connectivity index (χ1) is 9.40. The Bertz CT molecular complexity index is 866. The lowest BCUT2D eigenvalue weighted by Crippen LogP contribution is -2.14. The Kier molecular flexibility index (Phi) is 2.86. The number of aromatic amines is 1. The molecule has 1 heterocycles. The molecule has 0 fully saturated rings. The van der Waals surface area contributed by atoms with E-state index >= 15 is 0 Å². The van der Waals surface area contributed by atoms with E-state index in [1.165, 1.54) is 0 Å². The highest BCUT2D eigenvalue weighted by Crippen LogP contribution is 2.33. The maximum Gasteiger partial charge on any atom is 0.0999 e. The highest BCUT2D eigenvalue weighted by molar-refractivity contribution is 9.10. The molecule has 0 bridgehead atoms. The van der Waals surface area contributed by atoms with Crippen molar-refractivity contribution >= 4 is 37.7 Å². The van der Waals surface area contributed by atoms with Crippen molar-refractivity contribution in [1.82, 2.24) is 4.98 Å². The Labute approximate surface area is 125 Å².